The lowest BCUT2D eigenvalue weighted by molar-refractivity contribution is -0.139. The number of hydrogen-bond donors (Lipinski definition) is 2. The fourth-order valence-electron chi connectivity index (χ4n) is 1.50. The maximum Gasteiger partial charge on any atom is 0.164 e. The molecule has 1 aliphatic rings. The van der Waals surface area contributed by atoms with Crippen LogP contribution in [0.1, 0.15) is 13.8 Å². The third kappa shape index (κ3) is 3.76. The average Bonchev–Trinajstić information content (AvgIpc) is 2.47. The van der Waals surface area contributed by atoms with E-state index < -0.39 is 5.79 Å². The highest BCUT2D eigenvalue weighted by atomic mass is 16.7. The first kappa shape index (κ1) is 12.4. The van der Waals surface area contributed by atoms with Gasteiger partial charge in [-0.25, -0.2) is 0 Å². The SMILES string of the molecule is CC1(C)O[C@H](/C=C/CO)[C@@H](/C=C/CO)O1. The van der Waals surface area contributed by atoms with E-state index in [0.29, 0.717) is 0 Å². The number of ether oxygens (including phenoxy) is 2. The first-order valence-corrected chi connectivity index (χ1v) is 5.00. The lowest BCUT2D eigenvalue weighted by Crippen LogP contribution is -2.20. The zero-order valence-corrected chi connectivity index (χ0v) is 9.09. The Balaban J connectivity index is 2.65. The van der Waals surface area contributed by atoms with Crippen LogP contribution in [0.3, 0.4) is 0 Å². The van der Waals surface area contributed by atoms with E-state index in [2.05, 4.69) is 0 Å². The van der Waals surface area contributed by atoms with Crippen LogP contribution in [-0.4, -0.2) is 41.4 Å². The average molecular weight is 214 g/mol. The van der Waals surface area contributed by atoms with Crippen molar-refractivity contribution in [1.82, 2.24) is 0 Å². The summed E-state index contributed by atoms with van der Waals surface area (Å²) in [7, 11) is 0. The van der Waals surface area contributed by atoms with Crippen molar-refractivity contribution in [2.75, 3.05) is 13.2 Å². The normalized spacial score (nSPS) is 30.7. The minimum Gasteiger partial charge on any atom is -0.392 e. The van der Waals surface area contributed by atoms with Crippen LogP contribution in [0.5, 0.6) is 0 Å². The molecule has 1 aliphatic heterocycles. The van der Waals surface area contributed by atoms with E-state index >= 15 is 0 Å². The lowest BCUT2D eigenvalue weighted by Gasteiger charge is -2.15. The van der Waals surface area contributed by atoms with E-state index in [0.717, 1.165) is 0 Å². The van der Waals surface area contributed by atoms with Crippen molar-refractivity contribution >= 4 is 0 Å². The molecule has 0 aliphatic carbocycles. The quantitative estimate of drug-likeness (QED) is 0.673. The molecule has 0 bridgehead atoms. The maximum atomic E-state index is 8.68. The molecule has 15 heavy (non-hydrogen) atoms. The van der Waals surface area contributed by atoms with E-state index in [4.69, 9.17) is 19.7 Å². The minimum absolute atomic E-state index is 0.0171. The third-order valence-electron chi connectivity index (χ3n) is 2.03. The predicted octanol–water partition coefficient (Wildman–Crippen LogP) is 0.603. The molecular weight excluding hydrogens is 196 g/mol. The fourth-order valence-corrected chi connectivity index (χ4v) is 1.50. The topological polar surface area (TPSA) is 58.9 Å². The Morgan fingerprint density at radius 2 is 1.40 bits per heavy atom. The summed E-state index contributed by atoms with van der Waals surface area (Å²) in [5, 5.41) is 17.4. The Morgan fingerprint density at radius 3 is 1.73 bits per heavy atom. The highest BCUT2D eigenvalue weighted by Crippen LogP contribution is 2.29. The molecule has 0 radical (unpaired) electrons. The summed E-state index contributed by atoms with van der Waals surface area (Å²) in [6.07, 6.45) is 6.34. The minimum atomic E-state index is -0.630. The van der Waals surface area contributed by atoms with E-state index in [1.807, 2.05) is 13.8 Å². The lowest BCUT2D eigenvalue weighted by atomic mass is 10.2. The van der Waals surface area contributed by atoms with Crippen molar-refractivity contribution in [2.45, 2.75) is 31.8 Å². The van der Waals surface area contributed by atoms with Crippen molar-refractivity contribution in [3.8, 4) is 0 Å². The van der Waals surface area contributed by atoms with Gasteiger partial charge in [-0.3, -0.25) is 0 Å². The zero-order chi connectivity index (χ0) is 11.3. The van der Waals surface area contributed by atoms with E-state index in [-0.39, 0.29) is 25.4 Å². The first-order chi connectivity index (χ1) is 7.09. The monoisotopic (exact) mass is 214 g/mol. The molecule has 0 amide bonds. The van der Waals surface area contributed by atoms with Gasteiger partial charge < -0.3 is 19.7 Å². The Bertz CT molecular complexity index is 221. The second-order valence-electron chi connectivity index (χ2n) is 3.79. The molecule has 86 valence electrons. The molecule has 1 fully saturated rings. The van der Waals surface area contributed by atoms with Crippen molar-refractivity contribution in [2.24, 2.45) is 0 Å². The van der Waals surface area contributed by atoms with Crippen LogP contribution in [0, 0.1) is 0 Å². The summed E-state index contributed by atoms with van der Waals surface area (Å²) < 4.78 is 11.2. The van der Waals surface area contributed by atoms with Gasteiger partial charge in [-0.2, -0.15) is 0 Å². The van der Waals surface area contributed by atoms with Crippen molar-refractivity contribution in [3.05, 3.63) is 24.3 Å². The first-order valence-electron chi connectivity index (χ1n) is 5.00. The van der Waals surface area contributed by atoms with Gasteiger partial charge in [-0.1, -0.05) is 24.3 Å². The molecule has 0 aromatic heterocycles. The van der Waals surface area contributed by atoms with Gasteiger partial charge in [0, 0.05) is 0 Å². The summed E-state index contributed by atoms with van der Waals surface area (Å²) in [5.74, 6) is -0.630. The van der Waals surface area contributed by atoms with Crippen molar-refractivity contribution in [3.63, 3.8) is 0 Å². The van der Waals surface area contributed by atoms with Gasteiger partial charge in [-0.15, -0.1) is 0 Å². The maximum absolute atomic E-state index is 8.68. The Morgan fingerprint density at radius 1 is 1.00 bits per heavy atom. The summed E-state index contributed by atoms with van der Waals surface area (Å²) >= 11 is 0. The van der Waals surface area contributed by atoms with Gasteiger partial charge in [0.25, 0.3) is 0 Å². The highest BCUT2D eigenvalue weighted by molar-refractivity contribution is 5.06. The second-order valence-corrected chi connectivity index (χ2v) is 3.79. The summed E-state index contributed by atoms with van der Waals surface area (Å²) in [6, 6.07) is 0. The Hall–Kier alpha value is -0.680. The molecular formula is C11H18O4. The van der Waals surface area contributed by atoms with Gasteiger partial charge in [0.1, 0.15) is 12.2 Å². The van der Waals surface area contributed by atoms with Crippen molar-refractivity contribution < 1.29 is 19.7 Å². The smallest absolute Gasteiger partial charge is 0.164 e. The summed E-state index contributed by atoms with van der Waals surface area (Å²) in [4.78, 5) is 0. The fraction of sp³-hybridized carbons (Fsp3) is 0.636. The van der Waals surface area contributed by atoms with Crippen LogP contribution in [-0.2, 0) is 9.47 Å². The van der Waals surface area contributed by atoms with Gasteiger partial charge in [0.15, 0.2) is 5.79 Å². The zero-order valence-electron chi connectivity index (χ0n) is 9.09. The molecule has 4 heteroatoms. The predicted molar refractivity (Wildman–Crippen MR) is 56.3 cm³/mol. The van der Waals surface area contributed by atoms with Gasteiger partial charge >= 0.3 is 0 Å². The number of rotatable bonds is 4. The molecule has 1 saturated heterocycles. The highest BCUT2D eigenvalue weighted by Gasteiger charge is 2.38. The van der Waals surface area contributed by atoms with Crippen LogP contribution in [0.4, 0.5) is 0 Å². The van der Waals surface area contributed by atoms with Gasteiger partial charge in [-0.05, 0) is 13.8 Å². The molecule has 0 aromatic carbocycles. The van der Waals surface area contributed by atoms with E-state index in [1.165, 1.54) is 0 Å². The molecule has 1 heterocycles. The standard InChI is InChI=1S/C11H18O4/c1-11(2)14-9(5-3-7-12)10(15-11)6-4-8-13/h3-6,9-10,12-13H,7-8H2,1-2H3/b5-3+,6-4+/t9-,10-/m1/s1. The largest absolute Gasteiger partial charge is 0.392 e. The summed E-state index contributed by atoms with van der Waals surface area (Å²) in [6.45, 7) is 3.63. The van der Waals surface area contributed by atoms with E-state index in [9.17, 15) is 0 Å². The number of aliphatic hydroxyl groups excluding tert-OH is 2. The van der Waals surface area contributed by atoms with Gasteiger partial charge in [0.2, 0.25) is 0 Å². The Kier molecular flexibility index (Phi) is 4.47. The number of aliphatic hydroxyl groups is 2. The van der Waals surface area contributed by atoms with Crippen molar-refractivity contribution in [1.29, 1.82) is 0 Å². The van der Waals surface area contributed by atoms with Crippen LogP contribution in [0.2, 0.25) is 0 Å². The molecule has 0 aromatic rings. The Labute approximate surface area is 89.8 Å². The molecule has 1 rings (SSSR count). The van der Waals surface area contributed by atoms with Gasteiger partial charge in [0.05, 0.1) is 13.2 Å². The molecule has 0 saturated carbocycles. The molecule has 0 spiro atoms. The second kappa shape index (κ2) is 5.42. The molecule has 2 atom stereocenters. The number of hydrogen-bond acceptors (Lipinski definition) is 4. The van der Waals surface area contributed by atoms with Crippen LogP contribution in [0.15, 0.2) is 24.3 Å². The third-order valence-corrected chi connectivity index (χ3v) is 2.03. The molecule has 4 nitrogen and oxygen atoms in total. The molecule has 0 unspecified atom stereocenters. The molecule has 2 N–H and O–H groups in total. The van der Waals surface area contributed by atoms with E-state index in [1.54, 1.807) is 24.3 Å². The van der Waals surface area contributed by atoms with Crippen LogP contribution < -0.4 is 0 Å². The van der Waals surface area contributed by atoms with Crippen LogP contribution in [0.25, 0.3) is 0 Å². The summed E-state index contributed by atoms with van der Waals surface area (Å²) in [5.41, 5.74) is 0. The van der Waals surface area contributed by atoms with Crippen LogP contribution >= 0.6 is 0 Å².